The SMILES string of the molecule is COc1ccc(N2C(=S)N[C@H](c3ccccn3)[C@@H]2c2cccn2-c2ccc(Cl)cn2)cc1Cl. The lowest BCUT2D eigenvalue weighted by Crippen LogP contribution is -2.30. The van der Waals surface area contributed by atoms with Crippen molar-refractivity contribution in [1.82, 2.24) is 19.9 Å². The minimum Gasteiger partial charge on any atom is -0.495 e. The average Bonchev–Trinajstić information content (AvgIpc) is 3.44. The molecule has 0 bridgehead atoms. The van der Waals surface area contributed by atoms with Gasteiger partial charge < -0.3 is 19.5 Å². The van der Waals surface area contributed by atoms with Gasteiger partial charge in [0, 0.05) is 30.0 Å². The number of nitrogens with zero attached hydrogens (tertiary/aromatic N) is 4. The lowest BCUT2D eigenvalue weighted by molar-refractivity contribution is 0.415. The fourth-order valence-electron chi connectivity index (χ4n) is 4.09. The Morgan fingerprint density at radius 2 is 1.91 bits per heavy atom. The lowest BCUT2D eigenvalue weighted by atomic mass is 10.0. The molecule has 1 N–H and O–H groups in total. The Balaban J connectivity index is 1.66. The van der Waals surface area contributed by atoms with Gasteiger partial charge in [0.2, 0.25) is 0 Å². The van der Waals surface area contributed by atoms with Gasteiger partial charge in [0.1, 0.15) is 17.6 Å². The van der Waals surface area contributed by atoms with E-state index < -0.39 is 0 Å². The van der Waals surface area contributed by atoms with Gasteiger partial charge in [-0.25, -0.2) is 4.98 Å². The zero-order valence-electron chi connectivity index (χ0n) is 17.5. The number of nitrogens with one attached hydrogen (secondary N) is 1. The summed E-state index contributed by atoms with van der Waals surface area (Å²) in [5, 5.41) is 5.12. The summed E-state index contributed by atoms with van der Waals surface area (Å²) in [4.78, 5) is 11.2. The van der Waals surface area contributed by atoms with Gasteiger partial charge in [-0.05, 0) is 66.8 Å². The van der Waals surface area contributed by atoms with Crippen molar-refractivity contribution in [2.75, 3.05) is 12.0 Å². The molecule has 0 aliphatic carbocycles. The molecule has 0 unspecified atom stereocenters. The van der Waals surface area contributed by atoms with Gasteiger partial charge in [-0.3, -0.25) is 4.98 Å². The van der Waals surface area contributed by atoms with Crippen LogP contribution in [0.2, 0.25) is 10.0 Å². The molecule has 1 aliphatic heterocycles. The van der Waals surface area contributed by atoms with Gasteiger partial charge in [-0.2, -0.15) is 0 Å². The highest BCUT2D eigenvalue weighted by Gasteiger charge is 2.42. The third-order valence-corrected chi connectivity index (χ3v) is 6.39. The Hall–Kier alpha value is -3.13. The summed E-state index contributed by atoms with van der Waals surface area (Å²) in [6, 6.07) is 18.8. The van der Waals surface area contributed by atoms with E-state index in [0.29, 0.717) is 20.9 Å². The Bertz CT molecular complexity index is 1300. The number of ether oxygens (including phenoxy) is 1. The van der Waals surface area contributed by atoms with Crippen LogP contribution < -0.4 is 15.0 Å². The predicted octanol–water partition coefficient (Wildman–Crippen LogP) is 5.76. The molecule has 1 fully saturated rings. The summed E-state index contributed by atoms with van der Waals surface area (Å²) >= 11 is 18.3. The first-order valence-corrected chi connectivity index (χ1v) is 11.4. The van der Waals surface area contributed by atoms with Crippen molar-refractivity contribution in [2.45, 2.75) is 12.1 Å². The fraction of sp³-hybridized carbons (Fsp3) is 0.125. The minimum atomic E-state index is -0.218. The van der Waals surface area contributed by atoms with E-state index >= 15 is 0 Å². The van der Waals surface area contributed by atoms with E-state index in [9.17, 15) is 0 Å². The van der Waals surface area contributed by atoms with Crippen molar-refractivity contribution in [3.05, 3.63) is 101 Å². The molecule has 5 rings (SSSR count). The first-order chi connectivity index (χ1) is 16.1. The lowest BCUT2D eigenvalue weighted by Gasteiger charge is -2.29. The predicted molar refractivity (Wildman–Crippen MR) is 135 cm³/mol. The van der Waals surface area contributed by atoms with E-state index in [2.05, 4.69) is 26.3 Å². The smallest absolute Gasteiger partial charge is 0.174 e. The van der Waals surface area contributed by atoms with Gasteiger partial charge in [0.15, 0.2) is 5.11 Å². The minimum absolute atomic E-state index is 0.194. The quantitative estimate of drug-likeness (QED) is 0.355. The van der Waals surface area contributed by atoms with Crippen LogP contribution >= 0.6 is 35.4 Å². The van der Waals surface area contributed by atoms with Crippen molar-refractivity contribution in [1.29, 1.82) is 0 Å². The molecule has 1 aliphatic rings. The Kier molecular flexibility index (Phi) is 5.93. The van der Waals surface area contributed by atoms with Gasteiger partial charge in [-0.15, -0.1) is 0 Å². The summed E-state index contributed by atoms with van der Waals surface area (Å²) in [5.74, 6) is 1.36. The molecule has 1 aromatic carbocycles. The Morgan fingerprint density at radius 3 is 2.61 bits per heavy atom. The van der Waals surface area contributed by atoms with E-state index in [0.717, 1.165) is 22.9 Å². The number of methoxy groups -OCH3 is 1. The maximum atomic E-state index is 6.47. The second-order valence-electron chi connectivity index (χ2n) is 7.45. The molecule has 0 amide bonds. The number of thiocarbonyl (C=S) groups is 1. The number of benzene rings is 1. The molecule has 0 saturated carbocycles. The molecule has 3 aromatic heterocycles. The molecular formula is C24H19Cl2N5OS. The maximum Gasteiger partial charge on any atom is 0.174 e. The van der Waals surface area contributed by atoms with Crippen LogP contribution in [0.25, 0.3) is 5.82 Å². The van der Waals surface area contributed by atoms with Crippen molar-refractivity contribution < 1.29 is 4.74 Å². The van der Waals surface area contributed by atoms with E-state index in [1.165, 1.54) is 0 Å². The summed E-state index contributed by atoms with van der Waals surface area (Å²) in [6.45, 7) is 0. The summed E-state index contributed by atoms with van der Waals surface area (Å²) in [7, 11) is 1.59. The first-order valence-electron chi connectivity index (χ1n) is 10.2. The van der Waals surface area contributed by atoms with Crippen LogP contribution in [0.15, 0.2) is 79.3 Å². The zero-order valence-corrected chi connectivity index (χ0v) is 19.8. The van der Waals surface area contributed by atoms with Crippen LogP contribution in [-0.2, 0) is 0 Å². The number of halogens is 2. The van der Waals surface area contributed by atoms with Crippen LogP contribution in [0.4, 0.5) is 5.69 Å². The third kappa shape index (κ3) is 4.04. The molecule has 4 aromatic rings. The van der Waals surface area contributed by atoms with Gasteiger partial charge >= 0.3 is 0 Å². The van der Waals surface area contributed by atoms with Crippen LogP contribution in [0.1, 0.15) is 23.5 Å². The second kappa shape index (κ2) is 9.02. The van der Waals surface area contributed by atoms with Crippen LogP contribution in [-0.4, -0.2) is 26.8 Å². The normalized spacial score (nSPS) is 17.8. The molecule has 33 heavy (non-hydrogen) atoms. The molecule has 2 atom stereocenters. The molecule has 166 valence electrons. The number of hydrogen-bond donors (Lipinski definition) is 1. The molecule has 1 saturated heterocycles. The Labute approximate surface area is 206 Å². The molecule has 4 heterocycles. The molecule has 9 heteroatoms. The standard InChI is InChI=1S/C24H19Cl2N5OS/c1-32-20-9-8-16(13-17(20)26)31-23(22(29-24(31)33)18-5-2-3-11-27-18)19-6-4-12-30(19)21-10-7-15(25)14-28-21/h2-14,22-23H,1H3,(H,29,33)/t22-,23+/m1/s1. The zero-order chi connectivity index (χ0) is 22.9. The maximum absolute atomic E-state index is 6.47. The number of aromatic nitrogens is 3. The van der Waals surface area contributed by atoms with E-state index in [1.54, 1.807) is 19.5 Å². The second-order valence-corrected chi connectivity index (χ2v) is 8.68. The highest BCUT2D eigenvalue weighted by atomic mass is 35.5. The molecule has 6 nitrogen and oxygen atoms in total. The van der Waals surface area contributed by atoms with Crippen LogP contribution in [0.5, 0.6) is 5.75 Å². The summed E-state index contributed by atoms with van der Waals surface area (Å²) in [5.41, 5.74) is 2.71. The van der Waals surface area contributed by atoms with E-state index in [4.69, 9.17) is 40.2 Å². The third-order valence-electron chi connectivity index (χ3n) is 5.55. The fourth-order valence-corrected chi connectivity index (χ4v) is 4.80. The van der Waals surface area contributed by atoms with Crippen molar-refractivity contribution in [3.63, 3.8) is 0 Å². The van der Waals surface area contributed by atoms with E-state index in [-0.39, 0.29) is 12.1 Å². The van der Waals surface area contributed by atoms with Crippen LogP contribution in [0, 0.1) is 0 Å². The van der Waals surface area contributed by atoms with Gasteiger partial charge in [0.25, 0.3) is 0 Å². The molecule has 0 spiro atoms. The summed E-state index contributed by atoms with van der Waals surface area (Å²) < 4.78 is 7.37. The monoisotopic (exact) mass is 495 g/mol. The van der Waals surface area contributed by atoms with Gasteiger partial charge in [0.05, 0.1) is 28.9 Å². The molecule has 0 radical (unpaired) electrons. The van der Waals surface area contributed by atoms with Crippen molar-refractivity contribution in [2.24, 2.45) is 0 Å². The largest absolute Gasteiger partial charge is 0.495 e. The number of pyridine rings is 2. The number of rotatable bonds is 5. The summed E-state index contributed by atoms with van der Waals surface area (Å²) in [6.07, 6.45) is 5.39. The van der Waals surface area contributed by atoms with Crippen molar-refractivity contribution >= 4 is 46.2 Å². The topological polar surface area (TPSA) is 55.2 Å². The van der Waals surface area contributed by atoms with Crippen LogP contribution in [0.3, 0.4) is 0 Å². The van der Waals surface area contributed by atoms with Gasteiger partial charge in [-0.1, -0.05) is 29.3 Å². The van der Waals surface area contributed by atoms with Crippen molar-refractivity contribution in [3.8, 4) is 11.6 Å². The highest BCUT2D eigenvalue weighted by molar-refractivity contribution is 7.80. The molecular weight excluding hydrogens is 477 g/mol. The number of anilines is 1. The average molecular weight is 496 g/mol. The van der Waals surface area contributed by atoms with E-state index in [1.807, 2.05) is 65.4 Å². The number of hydrogen-bond acceptors (Lipinski definition) is 4. The first kappa shape index (κ1) is 21.7. The highest BCUT2D eigenvalue weighted by Crippen LogP contribution is 2.43. The Morgan fingerprint density at radius 1 is 1.03 bits per heavy atom.